The van der Waals surface area contributed by atoms with Gasteiger partial charge in [0, 0.05) is 26.3 Å². The fourth-order valence-corrected chi connectivity index (χ4v) is 2.16. The molecule has 5 nitrogen and oxygen atoms in total. The summed E-state index contributed by atoms with van der Waals surface area (Å²) in [5.74, 6) is 0.528. The van der Waals surface area contributed by atoms with Crippen LogP contribution in [-0.4, -0.2) is 40.2 Å². The molecule has 1 fully saturated rings. The van der Waals surface area contributed by atoms with E-state index in [9.17, 15) is 4.79 Å². The molecular weight excluding hydrogens is 204 g/mol. The Morgan fingerprint density at radius 3 is 3.12 bits per heavy atom. The SMILES string of the molecule is Cn1cc(C(=O)N2CCCC(CN)C2)cn1. The van der Waals surface area contributed by atoms with Crippen LogP contribution in [0.1, 0.15) is 23.2 Å². The van der Waals surface area contributed by atoms with E-state index in [0.717, 1.165) is 25.9 Å². The molecule has 0 aromatic carbocycles. The quantitative estimate of drug-likeness (QED) is 0.779. The van der Waals surface area contributed by atoms with Crippen LogP contribution in [0.5, 0.6) is 0 Å². The number of aromatic nitrogens is 2. The van der Waals surface area contributed by atoms with E-state index in [1.165, 1.54) is 0 Å². The van der Waals surface area contributed by atoms with Gasteiger partial charge >= 0.3 is 0 Å². The van der Waals surface area contributed by atoms with Crippen LogP contribution in [0.25, 0.3) is 0 Å². The van der Waals surface area contributed by atoms with Crippen molar-refractivity contribution in [3.05, 3.63) is 18.0 Å². The average Bonchev–Trinajstić information content (AvgIpc) is 2.75. The second-order valence-corrected chi connectivity index (χ2v) is 4.40. The summed E-state index contributed by atoms with van der Waals surface area (Å²) >= 11 is 0. The molecule has 0 aliphatic carbocycles. The lowest BCUT2D eigenvalue weighted by Gasteiger charge is -2.31. The zero-order valence-electron chi connectivity index (χ0n) is 9.59. The smallest absolute Gasteiger partial charge is 0.257 e. The first-order chi connectivity index (χ1) is 7.70. The summed E-state index contributed by atoms with van der Waals surface area (Å²) in [6.45, 7) is 2.28. The predicted molar refractivity (Wildman–Crippen MR) is 60.9 cm³/mol. The molecule has 16 heavy (non-hydrogen) atoms. The zero-order valence-corrected chi connectivity index (χ0v) is 9.59. The summed E-state index contributed by atoms with van der Waals surface area (Å²) in [4.78, 5) is 14.0. The van der Waals surface area contributed by atoms with Crippen LogP contribution < -0.4 is 5.73 Å². The Morgan fingerprint density at radius 2 is 2.50 bits per heavy atom. The van der Waals surface area contributed by atoms with Crippen LogP contribution in [0.2, 0.25) is 0 Å². The minimum absolute atomic E-state index is 0.0752. The van der Waals surface area contributed by atoms with Crippen LogP contribution in [-0.2, 0) is 7.05 Å². The van der Waals surface area contributed by atoms with Crippen molar-refractivity contribution in [2.24, 2.45) is 18.7 Å². The molecule has 1 amide bonds. The van der Waals surface area contributed by atoms with Crippen LogP contribution in [0.3, 0.4) is 0 Å². The molecule has 0 radical (unpaired) electrons. The molecule has 2 rings (SSSR count). The highest BCUT2D eigenvalue weighted by atomic mass is 16.2. The molecule has 1 aromatic heterocycles. The lowest BCUT2D eigenvalue weighted by atomic mass is 9.98. The van der Waals surface area contributed by atoms with Crippen molar-refractivity contribution >= 4 is 5.91 Å². The maximum Gasteiger partial charge on any atom is 0.257 e. The number of piperidine rings is 1. The Kier molecular flexibility index (Phi) is 3.24. The van der Waals surface area contributed by atoms with Gasteiger partial charge in [-0.15, -0.1) is 0 Å². The van der Waals surface area contributed by atoms with Crippen LogP contribution >= 0.6 is 0 Å². The lowest BCUT2D eigenvalue weighted by Crippen LogP contribution is -2.41. The molecule has 2 heterocycles. The molecule has 5 heteroatoms. The van der Waals surface area contributed by atoms with Gasteiger partial charge in [0.2, 0.25) is 0 Å². The minimum Gasteiger partial charge on any atom is -0.338 e. The van der Waals surface area contributed by atoms with Crippen molar-refractivity contribution in [2.45, 2.75) is 12.8 Å². The van der Waals surface area contributed by atoms with Crippen molar-refractivity contribution in [1.29, 1.82) is 0 Å². The van der Waals surface area contributed by atoms with E-state index in [4.69, 9.17) is 5.73 Å². The maximum absolute atomic E-state index is 12.1. The molecule has 1 unspecified atom stereocenters. The van der Waals surface area contributed by atoms with Gasteiger partial charge in [-0.25, -0.2) is 0 Å². The van der Waals surface area contributed by atoms with E-state index in [1.807, 2.05) is 11.9 Å². The Bertz CT molecular complexity index is 374. The number of nitrogens with two attached hydrogens (primary N) is 1. The fourth-order valence-electron chi connectivity index (χ4n) is 2.16. The third-order valence-corrected chi connectivity index (χ3v) is 3.09. The molecule has 2 N–H and O–H groups in total. The third-order valence-electron chi connectivity index (χ3n) is 3.09. The van der Waals surface area contributed by atoms with E-state index < -0.39 is 0 Å². The molecule has 1 saturated heterocycles. The van der Waals surface area contributed by atoms with E-state index in [1.54, 1.807) is 17.1 Å². The van der Waals surface area contributed by atoms with Crippen molar-refractivity contribution < 1.29 is 4.79 Å². The largest absolute Gasteiger partial charge is 0.338 e. The van der Waals surface area contributed by atoms with Gasteiger partial charge in [-0.2, -0.15) is 5.10 Å². The second-order valence-electron chi connectivity index (χ2n) is 4.40. The highest BCUT2D eigenvalue weighted by Gasteiger charge is 2.24. The number of carbonyl (C=O) groups is 1. The van der Waals surface area contributed by atoms with E-state index in [0.29, 0.717) is 18.0 Å². The van der Waals surface area contributed by atoms with Crippen molar-refractivity contribution in [3.63, 3.8) is 0 Å². The van der Waals surface area contributed by atoms with Crippen molar-refractivity contribution in [2.75, 3.05) is 19.6 Å². The molecule has 1 aliphatic heterocycles. The molecular formula is C11H18N4O. The first-order valence-corrected chi connectivity index (χ1v) is 5.68. The summed E-state index contributed by atoms with van der Waals surface area (Å²) in [5.41, 5.74) is 6.32. The number of likely N-dealkylation sites (tertiary alicyclic amines) is 1. The zero-order chi connectivity index (χ0) is 11.5. The number of carbonyl (C=O) groups excluding carboxylic acids is 1. The number of rotatable bonds is 2. The van der Waals surface area contributed by atoms with E-state index in [2.05, 4.69) is 5.10 Å². The van der Waals surface area contributed by atoms with Crippen LogP contribution in [0, 0.1) is 5.92 Å². The Labute approximate surface area is 95.2 Å². The molecule has 0 spiro atoms. The highest BCUT2D eigenvalue weighted by molar-refractivity contribution is 5.93. The summed E-state index contributed by atoms with van der Waals surface area (Å²) in [7, 11) is 1.82. The van der Waals surface area contributed by atoms with Crippen molar-refractivity contribution in [3.8, 4) is 0 Å². The van der Waals surface area contributed by atoms with Crippen molar-refractivity contribution in [1.82, 2.24) is 14.7 Å². The summed E-state index contributed by atoms with van der Waals surface area (Å²) < 4.78 is 1.65. The molecule has 1 aromatic rings. The summed E-state index contributed by atoms with van der Waals surface area (Å²) in [6, 6.07) is 0. The predicted octanol–water partition coefficient (Wildman–Crippen LogP) is 0.231. The molecule has 1 aliphatic rings. The highest BCUT2D eigenvalue weighted by Crippen LogP contribution is 2.17. The van der Waals surface area contributed by atoms with Gasteiger partial charge in [-0.05, 0) is 25.3 Å². The number of hydrogen-bond acceptors (Lipinski definition) is 3. The fraction of sp³-hybridized carbons (Fsp3) is 0.636. The molecule has 1 atom stereocenters. The van der Waals surface area contributed by atoms with Crippen LogP contribution in [0.4, 0.5) is 0 Å². The van der Waals surface area contributed by atoms with Gasteiger partial charge < -0.3 is 10.6 Å². The van der Waals surface area contributed by atoms with Gasteiger partial charge in [-0.3, -0.25) is 9.48 Å². The van der Waals surface area contributed by atoms with Crippen LogP contribution in [0.15, 0.2) is 12.4 Å². The molecule has 88 valence electrons. The van der Waals surface area contributed by atoms with Gasteiger partial charge in [-0.1, -0.05) is 0 Å². The topological polar surface area (TPSA) is 64.2 Å². The number of nitrogens with zero attached hydrogens (tertiary/aromatic N) is 3. The molecule has 0 bridgehead atoms. The summed E-state index contributed by atoms with van der Waals surface area (Å²) in [6.07, 6.45) is 5.56. The monoisotopic (exact) mass is 222 g/mol. The Morgan fingerprint density at radius 1 is 1.69 bits per heavy atom. The third kappa shape index (κ3) is 2.24. The van der Waals surface area contributed by atoms with Gasteiger partial charge in [0.05, 0.1) is 11.8 Å². The Hall–Kier alpha value is -1.36. The number of aryl methyl sites for hydroxylation is 1. The van der Waals surface area contributed by atoms with E-state index >= 15 is 0 Å². The van der Waals surface area contributed by atoms with E-state index in [-0.39, 0.29) is 5.91 Å². The summed E-state index contributed by atoms with van der Waals surface area (Å²) in [5, 5.41) is 4.02. The second kappa shape index (κ2) is 4.65. The van der Waals surface area contributed by atoms with Gasteiger partial charge in [0.1, 0.15) is 0 Å². The maximum atomic E-state index is 12.1. The Balaban J connectivity index is 2.04. The first kappa shape index (κ1) is 11.1. The normalized spacial score (nSPS) is 21.1. The lowest BCUT2D eigenvalue weighted by molar-refractivity contribution is 0.0678. The van der Waals surface area contributed by atoms with Gasteiger partial charge in [0.15, 0.2) is 0 Å². The number of amides is 1. The first-order valence-electron chi connectivity index (χ1n) is 5.68. The average molecular weight is 222 g/mol. The number of hydrogen-bond donors (Lipinski definition) is 1. The van der Waals surface area contributed by atoms with Gasteiger partial charge in [0.25, 0.3) is 5.91 Å². The molecule has 0 saturated carbocycles. The minimum atomic E-state index is 0.0752. The standard InChI is InChI=1S/C11H18N4O/c1-14-8-10(6-13-14)11(16)15-4-2-3-9(5-12)7-15/h6,8-9H,2-5,7,12H2,1H3.